The largest absolute Gasteiger partial charge is 0.396 e. The molecule has 0 spiro atoms. The predicted octanol–water partition coefficient (Wildman–Crippen LogP) is 2.92. The Balaban J connectivity index is 1.83. The van der Waals surface area contributed by atoms with E-state index in [-0.39, 0.29) is 0 Å². The number of anilines is 1. The van der Waals surface area contributed by atoms with Gasteiger partial charge in [-0.3, -0.25) is 0 Å². The third-order valence-electron chi connectivity index (χ3n) is 3.73. The summed E-state index contributed by atoms with van der Waals surface area (Å²) in [5.74, 6) is 1.10. The van der Waals surface area contributed by atoms with E-state index >= 15 is 0 Å². The molecule has 0 radical (unpaired) electrons. The van der Waals surface area contributed by atoms with Crippen molar-refractivity contribution in [2.75, 3.05) is 18.5 Å². The fraction of sp³-hybridized carbons (Fsp3) is 0.769. The molecule has 96 valence electrons. The van der Waals surface area contributed by atoms with Crippen LogP contribution in [0.25, 0.3) is 0 Å². The highest BCUT2D eigenvalue weighted by atomic mass is 32.1. The number of aromatic nitrogens is 1. The molecule has 1 fully saturated rings. The second kappa shape index (κ2) is 6.36. The summed E-state index contributed by atoms with van der Waals surface area (Å²) in [4.78, 5) is 4.51. The van der Waals surface area contributed by atoms with Crippen molar-refractivity contribution < 1.29 is 5.11 Å². The number of aliphatic hydroxyl groups excluding tert-OH is 1. The molecule has 0 saturated heterocycles. The smallest absolute Gasteiger partial charge is 0.182 e. The highest BCUT2D eigenvalue weighted by Gasteiger charge is 2.24. The van der Waals surface area contributed by atoms with E-state index in [4.69, 9.17) is 0 Å². The van der Waals surface area contributed by atoms with Gasteiger partial charge in [0.2, 0.25) is 0 Å². The number of aliphatic hydroxyl groups is 1. The first-order chi connectivity index (χ1) is 8.33. The molecule has 1 aliphatic carbocycles. The highest BCUT2D eigenvalue weighted by molar-refractivity contribution is 7.13. The van der Waals surface area contributed by atoms with Crippen molar-refractivity contribution in [3.05, 3.63) is 11.1 Å². The summed E-state index contributed by atoms with van der Waals surface area (Å²) in [5.41, 5.74) is 1.17. The molecule has 0 bridgehead atoms. The van der Waals surface area contributed by atoms with Gasteiger partial charge in [-0.05, 0) is 31.1 Å². The first kappa shape index (κ1) is 12.8. The van der Waals surface area contributed by atoms with Crippen molar-refractivity contribution in [2.45, 2.75) is 39.0 Å². The molecular weight excluding hydrogens is 232 g/mol. The van der Waals surface area contributed by atoms with Gasteiger partial charge in [-0.15, -0.1) is 11.3 Å². The van der Waals surface area contributed by atoms with Gasteiger partial charge < -0.3 is 10.4 Å². The van der Waals surface area contributed by atoms with E-state index < -0.39 is 0 Å². The fourth-order valence-electron chi connectivity index (χ4n) is 2.56. The Bertz CT molecular complexity index is 340. The lowest BCUT2D eigenvalue weighted by Crippen LogP contribution is -2.28. The van der Waals surface area contributed by atoms with Gasteiger partial charge in [0.1, 0.15) is 0 Å². The van der Waals surface area contributed by atoms with E-state index in [2.05, 4.69) is 22.6 Å². The summed E-state index contributed by atoms with van der Waals surface area (Å²) in [6.07, 6.45) is 6.01. The van der Waals surface area contributed by atoms with Crippen molar-refractivity contribution >= 4 is 16.5 Å². The maximum Gasteiger partial charge on any atom is 0.182 e. The van der Waals surface area contributed by atoms with Gasteiger partial charge >= 0.3 is 0 Å². The average Bonchev–Trinajstić information content (AvgIpc) is 2.84. The third-order valence-corrected chi connectivity index (χ3v) is 4.58. The van der Waals surface area contributed by atoms with Crippen LogP contribution in [0, 0.1) is 11.8 Å². The van der Waals surface area contributed by atoms with Crippen molar-refractivity contribution in [2.24, 2.45) is 11.8 Å². The van der Waals surface area contributed by atoms with Crippen LogP contribution in [0.15, 0.2) is 5.38 Å². The van der Waals surface area contributed by atoms with E-state index in [1.165, 1.54) is 31.4 Å². The number of rotatable bonds is 5. The van der Waals surface area contributed by atoms with E-state index in [1.54, 1.807) is 11.3 Å². The normalized spacial score (nSPS) is 24.8. The van der Waals surface area contributed by atoms with Crippen molar-refractivity contribution in [1.29, 1.82) is 0 Å². The van der Waals surface area contributed by atoms with Crippen LogP contribution in [-0.4, -0.2) is 23.2 Å². The lowest BCUT2D eigenvalue weighted by atomic mass is 9.80. The molecule has 1 aromatic rings. The molecule has 2 atom stereocenters. The van der Waals surface area contributed by atoms with Crippen LogP contribution < -0.4 is 5.32 Å². The molecule has 1 aromatic heterocycles. The van der Waals surface area contributed by atoms with Crippen molar-refractivity contribution in [3.8, 4) is 0 Å². The van der Waals surface area contributed by atoms with Crippen LogP contribution in [-0.2, 0) is 6.42 Å². The van der Waals surface area contributed by atoms with Crippen LogP contribution in [0.3, 0.4) is 0 Å². The van der Waals surface area contributed by atoms with Crippen LogP contribution in [0.4, 0.5) is 5.13 Å². The van der Waals surface area contributed by atoms with Crippen LogP contribution in [0.5, 0.6) is 0 Å². The van der Waals surface area contributed by atoms with Gasteiger partial charge in [0.05, 0.1) is 5.69 Å². The minimum atomic E-state index is 0.338. The number of hydrogen-bond acceptors (Lipinski definition) is 4. The predicted molar refractivity (Wildman–Crippen MR) is 72.5 cm³/mol. The second-order valence-electron chi connectivity index (χ2n) is 4.87. The van der Waals surface area contributed by atoms with Gasteiger partial charge in [-0.25, -0.2) is 4.98 Å². The third kappa shape index (κ3) is 3.42. The minimum absolute atomic E-state index is 0.338. The van der Waals surface area contributed by atoms with Gasteiger partial charge in [-0.2, -0.15) is 0 Å². The summed E-state index contributed by atoms with van der Waals surface area (Å²) < 4.78 is 0. The number of nitrogens with one attached hydrogen (secondary N) is 1. The number of thiazole rings is 1. The Morgan fingerprint density at radius 1 is 1.41 bits per heavy atom. The summed E-state index contributed by atoms with van der Waals surface area (Å²) in [7, 11) is 0. The fourth-order valence-corrected chi connectivity index (χ4v) is 3.37. The SMILES string of the molecule is CCc1csc(NCC2CCCCC2CO)n1. The van der Waals surface area contributed by atoms with Crippen LogP contribution in [0.1, 0.15) is 38.3 Å². The Kier molecular flexibility index (Phi) is 4.80. The molecular formula is C13H22N2OS. The highest BCUT2D eigenvalue weighted by Crippen LogP contribution is 2.30. The number of nitrogens with zero attached hydrogens (tertiary/aromatic N) is 1. The second-order valence-corrected chi connectivity index (χ2v) is 5.72. The van der Waals surface area contributed by atoms with Gasteiger partial charge in [-0.1, -0.05) is 19.8 Å². The Morgan fingerprint density at radius 3 is 2.82 bits per heavy atom. The van der Waals surface area contributed by atoms with Crippen molar-refractivity contribution in [1.82, 2.24) is 4.98 Å². The van der Waals surface area contributed by atoms with Gasteiger partial charge in [0, 0.05) is 18.5 Å². The standard InChI is InChI=1S/C13H22N2OS/c1-2-12-9-17-13(15-12)14-7-10-5-3-4-6-11(10)8-16/h9-11,16H,2-8H2,1H3,(H,14,15). The Hall–Kier alpha value is -0.610. The molecule has 2 N–H and O–H groups in total. The molecule has 17 heavy (non-hydrogen) atoms. The molecule has 0 amide bonds. The first-order valence-electron chi connectivity index (χ1n) is 6.62. The summed E-state index contributed by atoms with van der Waals surface area (Å²) in [6, 6.07) is 0. The number of aryl methyl sites for hydroxylation is 1. The molecule has 3 nitrogen and oxygen atoms in total. The lowest BCUT2D eigenvalue weighted by molar-refractivity contribution is 0.141. The van der Waals surface area contributed by atoms with E-state index in [0.29, 0.717) is 18.4 Å². The summed E-state index contributed by atoms with van der Waals surface area (Å²) in [6.45, 7) is 3.42. The maximum absolute atomic E-state index is 9.36. The molecule has 1 aliphatic rings. The summed E-state index contributed by atoms with van der Waals surface area (Å²) in [5, 5.41) is 15.9. The zero-order chi connectivity index (χ0) is 12.1. The summed E-state index contributed by atoms with van der Waals surface area (Å²) >= 11 is 1.69. The van der Waals surface area contributed by atoms with E-state index in [9.17, 15) is 5.11 Å². The Morgan fingerprint density at radius 2 is 2.18 bits per heavy atom. The molecule has 1 saturated carbocycles. The van der Waals surface area contributed by atoms with Crippen LogP contribution >= 0.6 is 11.3 Å². The van der Waals surface area contributed by atoms with Gasteiger partial charge in [0.25, 0.3) is 0 Å². The van der Waals surface area contributed by atoms with E-state index in [0.717, 1.165) is 18.1 Å². The first-order valence-corrected chi connectivity index (χ1v) is 7.50. The van der Waals surface area contributed by atoms with Crippen LogP contribution in [0.2, 0.25) is 0 Å². The number of hydrogen-bond donors (Lipinski definition) is 2. The van der Waals surface area contributed by atoms with E-state index in [1.807, 2.05) is 0 Å². The quantitative estimate of drug-likeness (QED) is 0.849. The Labute approximate surface area is 107 Å². The molecule has 0 aromatic carbocycles. The molecule has 4 heteroatoms. The molecule has 1 heterocycles. The molecule has 2 unspecified atom stereocenters. The molecule has 2 rings (SSSR count). The topological polar surface area (TPSA) is 45.1 Å². The van der Waals surface area contributed by atoms with Crippen molar-refractivity contribution in [3.63, 3.8) is 0 Å². The zero-order valence-corrected chi connectivity index (χ0v) is 11.3. The lowest BCUT2D eigenvalue weighted by Gasteiger charge is -2.30. The maximum atomic E-state index is 9.36. The zero-order valence-electron chi connectivity index (χ0n) is 10.5. The monoisotopic (exact) mass is 254 g/mol. The molecule has 0 aliphatic heterocycles. The average molecular weight is 254 g/mol. The minimum Gasteiger partial charge on any atom is -0.396 e. The van der Waals surface area contributed by atoms with Gasteiger partial charge in [0.15, 0.2) is 5.13 Å².